The highest BCUT2D eigenvalue weighted by Gasteiger charge is 2.52. The molecule has 3 nitrogen and oxygen atoms in total. The summed E-state index contributed by atoms with van der Waals surface area (Å²) in [5, 5.41) is 0. The van der Waals surface area contributed by atoms with E-state index in [0.717, 1.165) is 6.07 Å². The molecule has 0 radical (unpaired) electrons. The number of halogens is 2. The molecule has 18 heavy (non-hydrogen) atoms. The maximum atomic E-state index is 14.1. The zero-order chi connectivity index (χ0) is 13.3. The molecule has 0 saturated heterocycles. The number of methoxy groups -OCH3 is 2. The number of ether oxygens (including phenoxy) is 2. The topological polar surface area (TPSA) is 35.5 Å². The maximum absolute atomic E-state index is 14.1. The molecule has 1 atom stereocenters. The van der Waals surface area contributed by atoms with Crippen LogP contribution in [0.25, 0.3) is 0 Å². The Hall–Kier alpha value is -1.49. The summed E-state index contributed by atoms with van der Waals surface area (Å²) in [6.07, 6.45) is 0.305. The first-order valence-corrected chi connectivity index (χ1v) is 5.60. The predicted octanol–water partition coefficient (Wildman–Crippen LogP) is 2.84. The van der Waals surface area contributed by atoms with Crippen molar-refractivity contribution in [1.82, 2.24) is 0 Å². The van der Waals surface area contributed by atoms with E-state index in [1.807, 2.05) is 0 Å². The van der Waals surface area contributed by atoms with Crippen LogP contribution in [0, 0.1) is 5.82 Å². The summed E-state index contributed by atoms with van der Waals surface area (Å²) in [4.78, 5) is 10.9. The highest BCUT2D eigenvalue weighted by molar-refractivity contribution is 5.81. The van der Waals surface area contributed by atoms with Crippen LogP contribution in [0.15, 0.2) is 12.1 Å². The molecule has 0 amide bonds. The third kappa shape index (κ3) is 1.99. The van der Waals surface area contributed by atoms with Crippen molar-refractivity contribution in [3.8, 4) is 5.75 Å². The lowest BCUT2D eigenvalue weighted by Crippen LogP contribution is -2.18. The van der Waals surface area contributed by atoms with Crippen LogP contribution >= 0.6 is 0 Å². The van der Waals surface area contributed by atoms with E-state index >= 15 is 0 Å². The Morgan fingerprint density at radius 3 is 2.50 bits per heavy atom. The van der Waals surface area contributed by atoms with Crippen LogP contribution in [0.3, 0.4) is 0 Å². The number of alkyl halides is 1. The molecule has 98 valence electrons. The van der Waals surface area contributed by atoms with Crippen molar-refractivity contribution < 1.29 is 23.0 Å². The van der Waals surface area contributed by atoms with Crippen LogP contribution in [-0.2, 0) is 4.74 Å². The van der Waals surface area contributed by atoms with Crippen molar-refractivity contribution in [1.29, 1.82) is 0 Å². The van der Waals surface area contributed by atoms with Gasteiger partial charge in [-0.15, -0.1) is 0 Å². The molecule has 1 aliphatic rings. The standard InChI is InChI=1S/C13H14F2O3/c1-17-11-8(3-4-10(14)9(11)7-16)12(18-2)13(15)5-6-13/h3-4,7,12H,5-6H2,1-2H3. The summed E-state index contributed by atoms with van der Waals surface area (Å²) in [7, 11) is 2.70. The smallest absolute Gasteiger partial charge is 0.156 e. The van der Waals surface area contributed by atoms with Crippen molar-refractivity contribution in [2.24, 2.45) is 0 Å². The van der Waals surface area contributed by atoms with Crippen molar-refractivity contribution in [3.63, 3.8) is 0 Å². The fraction of sp³-hybridized carbons (Fsp3) is 0.462. The third-order valence-electron chi connectivity index (χ3n) is 3.21. The zero-order valence-electron chi connectivity index (χ0n) is 10.2. The SMILES string of the molecule is COc1c(C(OC)C2(F)CC2)ccc(F)c1C=O. The highest BCUT2D eigenvalue weighted by atomic mass is 19.1. The molecule has 1 aliphatic carbocycles. The van der Waals surface area contributed by atoms with Gasteiger partial charge in [0.25, 0.3) is 0 Å². The van der Waals surface area contributed by atoms with E-state index in [1.54, 1.807) is 0 Å². The summed E-state index contributed by atoms with van der Waals surface area (Å²) in [5.41, 5.74) is -1.29. The molecule has 1 unspecified atom stereocenters. The van der Waals surface area contributed by atoms with Gasteiger partial charge in [0.1, 0.15) is 23.3 Å². The van der Waals surface area contributed by atoms with Gasteiger partial charge in [-0.05, 0) is 25.0 Å². The number of benzene rings is 1. The average Bonchev–Trinajstić information content (AvgIpc) is 3.10. The summed E-state index contributed by atoms with van der Waals surface area (Å²) < 4.78 is 37.8. The van der Waals surface area contributed by atoms with E-state index in [4.69, 9.17) is 9.47 Å². The average molecular weight is 256 g/mol. The Kier molecular flexibility index (Phi) is 3.34. The van der Waals surface area contributed by atoms with Crippen LogP contribution in [0.4, 0.5) is 8.78 Å². The highest BCUT2D eigenvalue weighted by Crippen LogP contribution is 2.53. The molecule has 0 aromatic heterocycles. The second-order valence-electron chi connectivity index (χ2n) is 4.35. The summed E-state index contributed by atoms with van der Waals surface area (Å²) in [5.74, 6) is -0.648. The van der Waals surface area contributed by atoms with E-state index in [9.17, 15) is 13.6 Å². The van der Waals surface area contributed by atoms with Gasteiger partial charge < -0.3 is 9.47 Å². The molecule has 1 fully saturated rings. The van der Waals surface area contributed by atoms with E-state index in [-0.39, 0.29) is 11.3 Å². The monoisotopic (exact) mass is 256 g/mol. The van der Waals surface area contributed by atoms with Crippen LogP contribution in [0.1, 0.15) is 34.9 Å². The first-order valence-electron chi connectivity index (χ1n) is 5.60. The molecule has 1 saturated carbocycles. The molecule has 1 aromatic carbocycles. The lowest BCUT2D eigenvalue weighted by Gasteiger charge is -2.22. The van der Waals surface area contributed by atoms with Crippen LogP contribution in [0.5, 0.6) is 5.75 Å². The molecule has 0 heterocycles. The molecule has 5 heteroatoms. The Balaban J connectivity index is 2.52. The Morgan fingerprint density at radius 2 is 2.06 bits per heavy atom. The minimum Gasteiger partial charge on any atom is -0.496 e. The fourth-order valence-corrected chi connectivity index (χ4v) is 2.13. The van der Waals surface area contributed by atoms with Gasteiger partial charge in [-0.25, -0.2) is 8.78 Å². The van der Waals surface area contributed by atoms with Gasteiger partial charge in [-0.1, -0.05) is 0 Å². The molecular formula is C13H14F2O3. The van der Waals surface area contributed by atoms with Gasteiger partial charge in [-0.2, -0.15) is 0 Å². The second kappa shape index (κ2) is 4.65. The van der Waals surface area contributed by atoms with Crippen molar-refractivity contribution >= 4 is 6.29 Å². The maximum Gasteiger partial charge on any atom is 0.156 e. The number of rotatable bonds is 5. The number of hydrogen-bond acceptors (Lipinski definition) is 3. The number of aldehydes is 1. The van der Waals surface area contributed by atoms with E-state index in [0.29, 0.717) is 24.7 Å². The van der Waals surface area contributed by atoms with Gasteiger partial charge in [-0.3, -0.25) is 4.79 Å². The molecule has 0 aliphatic heterocycles. The molecule has 0 bridgehead atoms. The van der Waals surface area contributed by atoms with Crippen LogP contribution in [0.2, 0.25) is 0 Å². The predicted molar refractivity (Wildman–Crippen MR) is 61.2 cm³/mol. The van der Waals surface area contributed by atoms with E-state index in [1.165, 1.54) is 20.3 Å². The first-order chi connectivity index (χ1) is 8.57. The van der Waals surface area contributed by atoms with Crippen molar-refractivity contribution in [2.75, 3.05) is 14.2 Å². The zero-order valence-corrected chi connectivity index (χ0v) is 10.2. The van der Waals surface area contributed by atoms with Crippen LogP contribution in [-0.4, -0.2) is 26.2 Å². The molecule has 0 N–H and O–H groups in total. The van der Waals surface area contributed by atoms with E-state index in [2.05, 4.69) is 0 Å². The van der Waals surface area contributed by atoms with Gasteiger partial charge in [0.15, 0.2) is 6.29 Å². The van der Waals surface area contributed by atoms with E-state index < -0.39 is 17.6 Å². The van der Waals surface area contributed by atoms with Crippen molar-refractivity contribution in [3.05, 3.63) is 29.1 Å². The summed E-state index contributed by atoms with van der Waals surface area (Å²) >= 11 is 0. The lowest BCUT2D eigenvalue weighted by molar-refractivity contribution is 0.0157. The minimum atomic E-state index is -1.44. The molecule has 1 aromatic rings. The van der Waals surface area contributed by atoms with Gasteiger partial charge in [0.2, 0.25) is 0 Å². The summed E-state index contributed by atoms with van der Waals surface area (Å²) in [6.45, 7) is 0. The quantitative estimate of drug-likeness (QED) is 0.760. The first kappa shape index (κ1) is 13.0. The Labute approximate surface area is 104 Å². The fourth-order valence-electron chi connectivity index (χ4n) is 2.13. The van der Waals surface area contributed by atoms with Crippen LogP contribution < -0.4 is 4.74 Å². The largest absolute Gasteiger partial charge is 0.496 e. The second-order valence-corrected chi connectivity index (χ2v) is 4.35. The van der Waals surface area contributed by atoms with Gasteiger partial charge >= 0.3 is 0 Å². The van der Waals surface area contributed by atoms with Gasteiger partial charge in [0, 0.05) is 12.7 Å². The normalized spacial score (nSPS) is 18.2. The summed E-state index contributed by atoms with van der Waals surface area (Å²) in [6, 6.07) is 2.52. The number of hydrogen-bond donors (Lipinski definition) is 0. The number of carbonyl (C=O) groups is 1. The third-order valence-corrected chi connectivity index (χ3v) is 3.21. The molecule has 2 rings (SSSR count). The minimum absolute atomic E-state index is 0.0424. The molecular weight excluding hydrogens is 242 g/mol. The Bertz CT molecular complexity index is 470. The van der Waals surface area contributed by atoms with Crippen molar-refractivity contribution in [2.45, 2.75) is 24.6 Å². The number of carbonyl (C=O) groups excluding carboxylic acids is 1. The Morgan fingerprint density at radius 1 is 1.39 bits per heavy atom. The van der Waals surface area contributed by atoms with Gasteiger partial charge in [0.05, 0.1) is 12.7 Å². The lowest BCUT2D eigenvalue weighted by atomic mass is 9.99. The molecule has 0 spiro atoms.